The number of rotatable bonds is 5. The minimum absolute atomic E-state index is 0.202. The summed E-state index contributed by atoms with van der Waals surface area (Å²) in [7, 11) is 0. The van der Waals surface area contributed by atoms with Gasteiger partial charge in [-0.1, -0.05) is 48.8 Å². The molecular weight excluding hydrogens is 283 g/mol. The largest absolute Gasteiger partial charge is 0.392 e. The third kappa shape index (κ3) is 3.88. The van der Waals surface area contributed by atoms with Gasteiger partial charge in [-0.05, 0) is 24.5 Å². The van der Waals surface area contributed by atoms with E-state index in [1.54, 1.807) is 6.07 Å². The van der Waals surface area contributed by atoms with E-state index in [2.05, 4.69) is 4.90 Å². The van der Waals surface area contributed by atoms with Crippen LogP contribution in [-0.4, -0.2) is 22.5 Å². The average Bonchev–Trinajstić information content (AvgIpc) is 2.87. The third-order valence-corrected chi connectivity index (χ3v) is 4.16. The Bertz CT molecular complexity index is 461. The molecule has 104 valence electrons. The van der Waals surface area contributed by atoms with Crippen LogP contribution >= 0.6 is 23.8 Å². The molecule has 1 aliphatic carbocycles. The Hall–Kier alpha value is -0.710. The first-order valence-electron chi connectivity index (χ1n) is 6.53. The number of hydrogen-bond acceptors (Lipinski definition) is 2. The molecule has 1 aromatic carbocycles. The standard InChI is InChI=1S/C14H18ClFN2S/c15-14-10(4-3-7-12(14)16)8-18(9-13(17)19)11-5-1-2-6-11/h3-4,7,11H,1-2,5-6,8-9H2,(H2,17,19). The van der Waals surface area contributed by atoms with Crippen molar-refractivity contribution in [2.45, 2.75) is 38.3 Å². The number of hydrogen-bond donors (Lipinski definition) is 1. The highest BCUT2D eigenvalue weighted by Gasteiger charge is 2.24. The first-order chi connectivity index (χ1) is 9.08. The molecule has 1 aliphatic rings. The molecule has 0 radical (unpaired) electrons. The van der Waals surface area contributed by atoms with Crippen LogP contribution in [0, 0.1) is 5.82 Å². The normalized spacial score (nSPS) is 16.2. The summed E-state index contributed by atoms with van der Waals surface area (Å²) in [5, 5.41) is 0.202. The van der Waals surface area contributed by atoms with Crippen molar-refractivity contribution in [1.29, 1.82) is 0 Å². The van der Waals surface area contributed by atoms with E-state index < -0.39 is 0 Å². The SMILES string of the molecule is NC(=S)CN(Cc1cccc(F)c1Cl)C1CCCC1. The molecule has 2 rings (SSSR count). The monoisotopic (exact) mass is 300 g/mol. The molecule has 5 heteroatoms. The van der Waals surface area contributed by atoms with E-state index >= 15 is 0 Å². The summed E-state index contributed by atoms with van der Waals surface area (Å²) in [5.41, 5.74) is 6.46. The number of benzene rings is 1. The van der Waals surface area contributed by atoms with Crippen molar-refractivity contribution in [2.24, 2.45) is 5.73 Å². The molecule has 1 fully saturated rings. The van der Waals surface area contributed by atoms with Crippen LogP contribution in [-0.2, 0) is 6.54 Å². The molecule has 19 heavy (non-hydrogen) atoms. The molecule has 2 nitrogen and oxygen atoms in total. The van der Waals surface area contributed by atoms with Gasteiger partial charge < -0.3 is 5.73 Å². The lowest BCUT2D eigenvalue weighted by Gasteiger charge is -2.28. The zero-order chi connectivity index (χ0) is 13.8. The number of nitrogens with two attached hydrogens (primary N) is 1. The van der Waals surface area contributed by atoms with Crippen molar-refractivity contribution < 1.29 is 4.39 Å². The highest BCUT2D eigenvalue weighted by molar-refractivity contribution is 7.80. The summed E-state index contributed by atoms with van der Waals surface area (Å²) in [6.45, 7) is 1.16. The van der Waals surface area contributed by atoms with Crippen LogP contribution in [0.15, 0.2) is 18.2 Å². The Balaban J connectivity index is 2.14. The molecule has 0 heterocycles. The molecule has 0 atom stereocenters. The molecule has 2 N–H and O–H groups in total. The first kappa shape index (κ1) is 14.7. The van der Waals surface area contributed by atoms with Crippen LogP contribution in [0.25, 0.3) is 0 Å². The minimum Gasteiger partial charge on any atom is -0.392 e. The van der Waals surface area contributed by atoms with Crippen LogP contribution in [0.2, 0.25) is 5.02 Å². The number of halogens is 2. The zero-order valence-electron chi connectivity index (χ0n) is 10.7. The predicted molar refractivity (Wildman–Crippen MR) is 80.9 cm³/mol. The van der Waals surface area contributed by atoms with Crippen LogP contribution < -0.4 is 5.73 Å². The second kappa shape index (κ2) is 6.64. The van der Waals surface area contributed by atoms with Crippen LogP contribution in [0.4, 0.5) is 4.39 Å². The molecule has 0 bridgehead atoms. The fraction of sp³-hybridized carbons (Fsp3) is 0.500. The molecule has 1 saturated carbocycles. The Morgan fingerprint density at radius 2 is 2.11 bits per heavy atom. The van der Waals surface area contributed by atoms with Crippen LogP contribution in [0.5, 0.6) is 0 Å². The van der Waals surface area contributed by atoms with Crippen molar-refractivity contribution in [3.05, 3.63) is 34.6 Å². The number of nitrogens with zero attached hydrogens (tertiary/aromatic N) is 1. The summed E-state index contributed by atoms with van der Waals surface area (Å²) in [4.78, 5) is 2.69. The molecule has 0 saturated heterocycles. The molecule has 0 amide bonds. The van der Waals surface area contributed by atoms with E-state index in [1.165, 1.54) is 18.9 Å². The van der Waals surface area contributed by atoms with Gasteiger partial charge in [0.05, 0.1) is 10.0 Å². The third-order valence-electron chi connectivity index (χ3n) is 3.61. The molecule has 0 unspecified atom stereocenters. The summed E-state index contributed by atoms with van der Waals surface area (Å²) < 4.78 is 13.5. The maximum Gasteiger partial charge on any atom is 0.142 e. The predicted octanol–water partition coefficient (Wildman–Crippen LogP) is 3.51. The fourth-order valence-corrected chi connectivity index (χ4v) is 3.02. The van der Waals surface area contributed by atoms with Gasteiger partial charge >= 0.3 is 0 Å². The van der Waals surface area contributed by atoms with Crippen molar-refractivity contribution in [2.75, 3.05) is 6.54 Å². The van der Waals surface area contributed by atoms with Crippen molar-refractivity contribution >= 4 is 28.8 Å². The quantitative estimate of drug-likeness (QED) is 0.844. The Morgan fingerprint density at radius 3 is 2.74 bits per heavy atom. The topological polar surface area (TPSA) is 29.3 Å². The minimum atomic E-state index is -0.374. The van der Waals surface area contributed by atoms with Crippen molar-refractivity contribution in [3.63, 3.8) is 0 Å². The second-order valence-electron chi connectivity index (χ2n) is 5.02. The first-order valence-corrected chi connectivity index (χ1v) is 7.32. The zero-order valence-corrected chi connectivity index (χ0v) is 12.3. The van der Waals surface area contributed by atoms with E-state index in [9.17, 15) is 4.39 Å². The maximum absolute atomic E-state index is 13.5. The number of thiocarbonyl (C=S) groups is 1. The van der Waals surface area contributed by atoms with E-state index in [0.29, 0.717) is 24.1 Å². The van der Waals surface area contributed by atoms with E-state index in [-0.39, 0.29) is 10.8 Å². The summed E-state index contributed by atoms with van der Waals surface area (Å²) in [5.74, 6) is -0.374. The average molecular weight is 301 g/mol. The summed E-state index contributed by atoms with van der Waals surface area (Å²) in [6.07, 6.45) is 4.76. The summed E-state index contributed by atoms with van der Waals surface area (Å²) >= 11 is 11.0. The Kier molecular flexibility index (Phi) is 5.13. The highest BCUT2D eigenvalue weighted by atomic mass is 35.5. The van der Waals surface area contributed by atoms with Gasteiger partial charge in [-0.15, -0.1) is 0 Å². The smallest absolute Gasteiger partial charge is 0.142 e. The van der Waals surface area contributed by atoms with Gasteiger partial charge in [-0.3, -0.25) is 4.90 Å². The van der Waals surface area contributed by atoms with Gasteiger partial charge in [-0.25, -0.2) is 4.39 Å². The fourth-order valence-electron chi connectivity index (χ4n) is 2.67. The van der Waals surface area contributed by atoms with Crippen LogP contribution in [0.1, 0.15) is 31.2 Å². The van der Waals surface area contributed by atoms with Gasteiger partial charge in [0, 0.05) is 19.1 Å². The second-order valence-corrected chi connectivity index (χ2v) is 5.92. The van der Waals surface area contributed by atoms with Gasteiger partial charge in [0.2, 0.25) is 0 Å². The lowest BCUT2D eigenvalue weighted by atomic mass is 10.1. The van der Waals surface area contributed by atoms with Gasteiger partial charge in [0.25, 0.3) is 0 Å². The van der Waals surface area contributed by atoms with Gasteiger partial charge in [0.15, 0.2) is 0 Å². The lowest BCUT2D eigenvalue weighted by Crippen LogP contribution is -2.38. The molecular formula is C14H18ClFN2S. The molecule has 0 spiro atoms. The molecule has 1 aromatic rings. The Labute approximate surface area is 123 Å². The van der Waals surface area contributed by atoms with Gasteiger partial charge in [-0.2, -0.15) is 0 Å². The summed E-state index contributed by atoms with van der Waals surface area (Å²) in [6, 6.07) is 5.39. The van der Waals surface area contributed by atoms with E-state index in [0.717, 1.165) is 18.4 Å². The molecule has 0 aromatic heterocycles. The maximum atomic E-state index is 13.5. The van der Waals surface area contributed by atoms with E-state index in [4.69, 9.17) is 29.6 Å². The molecule has 0 aliphatic heterocycles. The van der Waals surface area contributed by atoms with E-state index in [1.807, 2.05) is 6.07 Å². The van der Waals surface area contributed by atoms with Crippen LogP contribution in [0.3, 0.4) is 0 Å². The van der Waals surface area contributed by atoms with Gasteiger partial charge in [0.1, 0.15) is 5.82 Å². The highest BCUT2D eigenvalue weighted by Crippen LogP contribution is 2.27. The Morgan fingerprint density at radius 1 is 1.42 bits per heavy atom. The van der Waals surface area contributed by atoms with Crippen molar-refractivity contribution in [1.82, 2.24) is 4.90 Å². The lowest BCUT2D eigenvalue weighted by molar-refractivity contribution is 0.218. The van der Waals surface area contributed by atoms with Crippen molar-refractivity contribution in [3.8, 4) is 0 Å².